The molecule has 1 atom stereocenters. The summed E-state index contributed by atoms with van der Waals surface area (Å²) < 4.78 is 45.7. The van der Waals surface area contributed by atoms with E-state index < -0.39 is 11.7 Å². The van der Waals surface area contributed by atoms with Gasteiger partial charge in [0.15, 0.2) is 11.0 Å². The molecule has 1 unspecified atom stereocenters. The lowest BCUT2D eigenvalue weighted by molar-refractivity contribution is -0.633. The number of hydrogen-bond acceptors (Lipinski definition) is 0. The fourth-order valence-electron chi connectivity index (χ4n) is 5.27. The van der Waals surface area contributed by atoms with Crippen molar-refractivity contribution in [3.05, 3.63) is 82.4 Å². The van der Waals surface area contributed by atoms with Gasteiger partial charge >= 0.3 is 6.18 Å². The van der Waals surface area contributed by atoms with Crippen LogP contribution in [0.4, 0.5) is 13.2 Å². The monoisotopic (exact) mass is 435 g/mol. The van der Waals surface area contributed by atoms with Gasteiger partial charge in [-0.1, -0.05) is 51.1 Å². The fourth-order valence-corrected chi connectivity index (χ4v) is 5.27. The van der Waals surface area contributed by atoms with Gasteiger partial charge in [0.05, 0.1) is 18.2 Å². The van der Waals surface area contributed by atoms with E-state index in [0.717, 1.165) is 39.2 Å². The topological polar surface area (TPSA) is 8.81 Å². The van der Waals surface area contributed by atoms with Crippen LogP contribution < -0.4 is 4.57 Å². The second-order valence-corrected chi connectivity index (χ2v) is 9.12. The smallest absolute Gasteiger partial charge is 0.225 e. The van der Waals surface area contributed by atoms with E-state index in [2.05, 4.69) is 47.2 Å². The van der Waals surface area contributed by atoms with Gasteiger partial charge in [0.1, 0.15) is 5.69 Å². The highest BCUT2D eigenvalue weighted by Gasteiger charge is 2.39. The summed E-state index contributed by atoms with van der Waals surface area (Å²) in [5, 5.41) is 0. The summed E-state index contributed by atoms with van der Waals surface area (Å²) in [5.74, 6) is 1.01. The Labute approximate surface area is 185 Å². The molecule has 1 aliphatic rings. The second kappa shape index (κ2) is 6.96. The number of hydrogen-bond donors (Lipinski definition) is 0. The molecule has 0 aliphatic carbocycles. The van der Waals surface area contributed by atoms with Gasteiger partial charge in [0, 0.05) is 17.0 Å². The molecule has 32 heavy (non-hydrogen) atoms. The average Bonchev–Trinajstić information content (AvgIpc) is 2.97. The molecule has 0 radical (unpaired) electrons. The number of halogens is 3. The minimum Gasteiger partial charge on any atom is -0.225 e. The Morgan fingerprint density at radius 2 is 1.69 bits per heavy atom. The maximum absolute atomic E-state index is 13.8. The molecule has 0 spiro atoms. The third kappa shape index (κ3) is 2.83. The van der Waals surface area contributed by atoms with Crippen LogP contribution in [-0.2, 0) is 13.2 Å². The number of nitrogens with zero attached hydrogens (tertiary/aromatic N) is 2. The molecule has 164 valence electrons. The number of para-hydroxylation sites is 3. The lowest BCUT2D eigenvalue weighted by Gasteiger charge is -2.19. The largest absolute Gasteiger partial charge is 0.416 e. The second-order valence-electron chi connectivity index (χ2n) is 9.12. The van der Waals surface area contributed by atoms with E-state index in [1.807, 2.05) is 32.2 Å². The van der Waals surface area contributed by atoms with Crippen LogP contribution >= 0.6 is 0 Å². The van der Waals surface area contributed by atoms with Crippen molar-refractivity contribution in [2.24, 2.45) is 7.05 Å². The third-order valence-corrected chi connectivity index (χ3v) is 6.81. The fraction of sp³-hybridized carbons (Fsp3) is 0.296. The molecule has 0 N–H and O–H groups in total. The van der Waals surface area contributed by atoms with E-state index in [4.69, 9.17) is 0 Å². The standard InChI is InChI=1S/C27H26F3N2/c1-15(2)19-9-8-10-20-17(4)21-14-18(27(28,29)30)13-16(3)24(21)26-31(5)22-11-6-7-12-23(22)32(26)25(19)20/h6-15,17H,1-5H3/q+1. The van der Waals surface area contributed by atoms with Gasteiger partial charge in [0.2, 0.25) is 0 Å². The average molecular weight is 436 g/mol. The minimum absolute atomic E-state index is 0.182. The highest BCUT2D eigenvalue weighted by Crippen LogP contribution is 2.46. The Kier molecular flexibility index (Phi) is 4.52. The van der Waals surface area contributed by atoms with Gasteiger partial charge < -0.3 is 0 Å². The molecule has 1 aliphatic heterocycles. The Bertz CT molecular complexity index is 1380. The van der Waals surface area contributed by atoms with Gasteiger partial charge in [-0.05, 0) is 48.2 Å². The lowest BCUT2D eigenvalue weighted by Crippen LogP contribution is -2.30. The van der Waals surface area contributed by atoms with Crippen molar-refractivity contribution < 1.29 is 17.7 Å². The summed E-state index contributed by atoms with van der Waals surface area (Å²) in [4.78, 5) is 0. The van der Waals surface area contributed by atoms with Crippen LogP contribution in [0.2, 0.25) is 0 Å². The van der Waals surface area contributed by atoms with E-state index in [0.29, 0.717) is 5.56 Å². The summed E-state index contributed by atoms with van der Waals surface area (Å²) in [7, 11) is 2.00. The first kappa shape index (κ1) is 20.8. The van der Waals surface area contributed by atoms with E-state index in [-0.39, 0.29) is 11.8 Å². The summed E-state index contributed by atoms with van der Waals surface area (Å²) in [6.07, 6.45) is -4.39. The number of fused-ring (bicyclic) bond motifs is 7. The first-order valence-corrected chi connectivity index (χ1v) is 11.0. The van der Waals surface area contributed by atoms with Crippen molar-refractivity contribution in [2.45, 2.75) is 45.7 Å². The number of aromatic nitrogens is 2. The Morgan fingerprint density at radius 3 is 2.38 bits per heavy atom. The molecule has 0 saturated heterocycles. The molecule has 2 nitrogen and oxygen atoms in total. The number of alkyl halides is 3. The first-order valence-electron chi connectivity index (χ1n) is 11.0. The number of imidazole rings is 1. The highest BCUT2D eigenvalue weighted by atomic mass is 19.4. The predicted molar refractivity (Wildman–Crippen MR) is 121 cm³/mol. The van der Waals surface area contributed by atoms with E-state index in [9.17, 15) is 13.2 Å². The third-order valence-electron chi connectivity index (χ3n) is 6.81. The zero-order chi connectivity index (χ0) is 22.9. The number of benzene rings is 3. The van der Waals surface area contributed by atoms with Crippen molar-refractivity contribution >= 4 is 11.0 Å². The van der Waals surface area contributed by atoms with Crippen LogP contribution in [0.3, 0.4) is 0 Å². The molecule has 5 heteroatoms. The summed E-state index contributed by atoms with van der Waals surface area (Å²) >= 11 is 0. The molecule has 2 heterocycles. The predicted octanol–water partition coefficient (Wildman–Crippen LogP) is 7.04. The van der Waals surface area contributed by atoms with Crippen LogP contribution in [0.1, 0.15) is 60.4 Å². The van der Waals surface area contributed by atoms with Crippen LogP contribution in [0.25, 0.3) is 28.1 Å². The van der Waals surface area contributed by atoms with Gasteiger partial charge in [-0.2, -0.15) is 17.7 Å². The van der Waals surface area contributed by atoms with E-state index in [1.165, 1.54) is 17.7 Å². The SMILES string of the molecule is Cc1cc(C(F)(F)F)cc2c1-c1n(c3ccccc3[n+]1C)-c1c(C(C)C)cccc1C2C. The quantitative estimate of drug-likeness (QED) is 0.284. The molecule has 0 amide bonds. The summed E-state index contributed by atoms with van der Waals surface area (Å²) in [6, 6.07) is 17.0. The van der Waals surface area contributed by atoms with Crippen LogP contribution in [0.15, 0.2) is 54.6 Å². The van der Waals surface area contributed by atoms with Crippen LogP contribution in [0, 0.1) is 6.92 Å². The van der Waals surface area contributed by atoms with Crippen molar-refractivity contribution in [3.8, 4) is 17.1 Å². The highest BCUT2D eigenvalue weighted by molar-refractivity contribution is 5.83. The van der Waals surface area contributed by atoms with Gasteiger partial charge in [0.25, 0.3) is 5.82 Å². The zero-order valence-electron chi connectivity index (χ0n) is 18.9. The molecular formula is C27H26F3N2+. The van der Waals surface area contributed by atoms with Gasteiger partial charge in [-0.15, -0.1) is 0 Å². The lowest BCUT2D eigenvalue weighted by atomic mass is 9.85. The Hall–Kier alpha value is -3.08. The summed E-state index contributed by atoms with van der Waals surface area (Å²) in [6.45, 7) is 8.14. The Balaban J connectivity index is 2.03. The molecule has 1 aromatic heterocycles. The first-order chi connectivity index (χ1) is 15.1. The minimum atomic E-state index is -4.39. The van der Waals surface area contributed by atoms with Crippen molar-refractivity contribution in [1.82, 2.24) is 4.57 Å². The van der Waals surface area contributed by atoms with Crippen molar-refractivity contribution in [2.75, 3.05) is 0 Å². The normalized spacial score (nSPS) is 15.5. The molecular weight excluding hydrogens is 409 g/mol. The van der Waals surface area contributed by atoms with E-state index >= 15 is 0 Å². The van der Waals surface area contributed by atoms with Crippen LogP contribution in [0.5, 0.6) is 0 Å². The molecule has 0 bridgehead atoms. The molecule has 0 saturated carbocycles. The zero-order valence-corrected chi connectivity index (χ0v) is 18.9. The maximum Gasteiger partial charge on any atom is 0.416 e. The molecule has 3 aromatic carbocycles. The maximum atomic E-state index is 13.8. The molecule has 0 fully saturated rings. The van der Waals surface area contributed by atoms with Gasteiger partial charge in [-0.25, -0.2) is 4.57 Å². The summed E-state index contributed by atoms with van der Waals surface area (Å²) in [5.41, 5.74) is 7.09. The Morgan fingerprint density at radius 1 is 0.969 bits per heavy atom. The van der Waals surface area contributed by atoms with Gasteiger partial charge in [-0.3, -0.25) is 0 Å². The molecule has 4 aromatic rings. The van der Waals surface area contributed by atoms with Crippen molar-refractivity contribution in [1.29, 1.82) is 0 Å². The van der Waals surface area contributed by atoms with Crippen molar-refractivity contribution in [3.63, 3.8) is 0 Å². The van der Waals surface area contributed by atoms with E-state index in [1.54, 1.807) is 6.92 Å². The number of rotatable bonds is 1. The number of aryl methyl sites for hydroxylation is 2. The van der Waals surface area contributed by atoms with Crippen LogP contribution in [-0.4, -0.2) is 4.57 Å². The molecule has 5 rings (SSSR count).